The highest BCUT2D eigenvalue weighted by molar-refractivity contribution is 7.91. The highest BCUT2D eigenvalue weighted by Crippen LogP contribution is 2.44. The van der Waals surface area contributed by atoms with Crippen LogP contribution in [0.2, 0.25) is 0 Å². The van der Waals surface area contributed by atoms with Crippen molar-refractivity contribution in [3.63, 3.8) is 0 Å². The van der Waals surface area contributed by atoms with Gasteiger partial charge in [0, 0.05) is 11.7 Å². The third-order valence-electron chi connectivity index (χ3n) is 6.43. The number of sulfone groups is 1. The average Bonchev–Trinajstić information content (AvgIpc) is 3.30. The Bertz CT molecular complexity index is 1010. The van der Waals surface area contributed by atoms with E-state index in [1.54, 1.807) is 43.3 Å². The number of rotatable bonds is 6. The number of anilines is 1. The summed E-state index contributed by atoms with van der Waals surface area (Å²) < 4.78 is 26.1. The molecule has 0 aromatic heterocycles. The molecule has 0 aliphatic heterocycles. The van der Waals surface area contributed by atoms with Gasteiger partial charge in [0.25, 0.3) is 0 Å². The summed E-state index contributed by atoms with van der Waals surface area (Å²) in [5, 5.41) is 6.28. The normalized spacial score (nSPS) is 23.2. The third kappa shape index (κ3) is 4.04. The lowest BCUT2D eigenvalue weighted by Crippen LogP contribution is -2.41. The second-order valence-electron chi connectivity index (χ2n) is 8.45. The van der Waals surface area contributed by atoms with Gasteiger partial charge in [-0.25, -0.2) is 8.42 Å². The zero-order valence-corrected chi connectivity index (χ0v) is 17.8. The van der Waals surface area contributed by atoms with Gasteiger partial charge in [0.15, 0.2) is 0 Å². The number of fused-ring (bicyclic) bond motifs is 2. The van der Waals surface area contributed by atoms with Gasteiger partial charge in [0.05, 0.1) is 16.3 Å². The molecule has 2 aromatic carbocycles. The summed E-state index contributed by atoms with van der Waals surface area (Å²) in [6.07, 6.45) is 4.87. The molecule has 2 aromatic rings. The van der Waals surface area contributed by atoms with E-state index in [-0.39, 0.29) is 22.2 Å². The highest BCUT2D eigenvalue weighted by atomic mass is 32.2. The molecule has 3 unspecified atom stereocenters. The van der Waals surface area contributed by atoms with Crippen LogP contribution < -0.4 is 10.6 Å². The first-order chi connectivity index (χ1) is 13.8. The van der Waals surface area contributed by atoms with Crippen LogP contribution in [0.1, 0.15) is 36.8 Å². The van der Waals surface area contributed by atoms with Gasteiger partial charge in [-0.3, -0.25) is 4.79 Å². The maximum atomic E-state index is 13.1. The molecule has 2 fully saturated rings. The van der Waals surface area contributed by atoms with E-state index in [2.05, 4.69) is 10.6 Å². The van der Waals surface area contributed by atoms with E-state index >= 15 is 0 Å². The van der Waals surface area contributed by atoms with Crippen molar-refractivity contribution >= 4 is 21.4 Å². The van der Waals surface area contributed by atoms with Crippen molar-refractivity contribution in [1.29, 1.82) is 0 Å². The third-order valence-corrected chi connectivity index (χ3v) is 8.34. The summed E-state index contributed by atoms with van der Waals surface area (Å²) in [4.78, 5) is 12.9. The molecule has 0 radical (unpaired) electrons. The van der Waals surface area contributed by atoms with Crippen LogP contribution in [0.5, 0.6) is 0 Å². The van der Waals surface area contributed by atoms with Crippen LogP contribution >= 0.6 is 0 Å². The molecule has 0 spiro atoms. The standard InChI is InChI=1S/C23H28N2O3S/c1-15-6-10-19(11-7-15)29(27,28)22-5-3-4-20(16(22)2)24-14-23(26)25-21-13-17-8-9-18(21)12-17/h3-7,10-11,17-18,21,24H,8-9,12-14H2,1-2H3,(H,25,26). The van der Waals surface area contributed by atoms with Crippen LogP contribution in [0.3, 0.4) is 0 Å². The Hall–Kier alpha value is -2.34. The van der Waals surface area contributed by atoms with Crippen molar-refractivity contribution in [3.05, 3.63) is 53.6 Å². The first-order valence-corrected chi connectivity index (χ1v) is 11.8. The summed E-state index contributed by atoms with van der Waals surface area (Å²) in [6, 6.07) is 12.3. The molecular formula is C23H28N2O3S. The van der Waals surface area contributed by atoms with Crippen molar-refractivity contribution in [3.8, 4) is 0 Å². The fourth-order valence-electron chi connectivity index (χ4n) is 4.80. The van der Waals surface area contributed by atoms with E-state index in [9.17, 15) is 13.2 Å². The molecule has 4 rings (SSSR count). The molecule has 3 atom stereocenters. The van der Waals surface area contributed by atoms with Crippen molar-refractivity contribution in [2.75, 3.05) is 11.9 Å². The first-order valence-electron chi connectivity index (χ1n) is 10.3. The number of carbonyl (C=O) groups is 1. The van der Waals surface area contributed by atoms with E-state index < -0.39 is 9.84 Å². The topological polar surface area (TPSA) is 75.3 Å². The van der Waals surface area contributed by atoms with Crippen LogP contribution in [0.25, 0.3) is 0 Å². The smallest absolute Gasteiger partial charge is 0.239 e. The average molecular weight is 413 g/mol. The molecule has 2 saturated carbocycles. The minimum absolute atomic E-state index is 0.0336. The Morgan fingerprint density at radius 1 is 1.03 bits per heavy atom. The molecule has 0 saturated heterocycles. The molecule has 2 bridgehead atoms. The van der Waals surface area contributed by atoms with Crippen LogP contribution in [0, 0.1) is 25.7 Å². The van der Waals surface area contributed by atoms with Gasteiger partial charge in [-0.1, -0.05) is 30.2 Å². The summed E-state index contributed by atoms with van der Waals surface area (Å²) in [5.74, 6) is 1.38. The minimum Gasteiger partial charge on any atom is -0.376 e. The summed E-state index contributed by atoms with van der Waals surface area (Å²) in [6.45, 7) is 3.84. The summed E-state index contributed by atoms with van der Waals surface area (Å²) >= 11 is 0. The fraction of sp³-hybridized carbons (Fsp3) is 0.435. The molecule has 5 nitrogen and oxygen atoms in total. The van der Waals surface area contributed by atoms with Crippen LogP contribution in [-0.4, -0.2) is 26.9 Å². The molecule has 1 amide bonds. The molecule has 0 heterocycles. The second kappa shape index (κ2) is 7.82. The zero-order chi connectivity index (χ0) is 20.6. The van der Waals surface area contributed by atoms with E-state index in [0.29, 0.717) is 23.2 Å². The van der Waals surface area contributed by atoms with Gasteiger partial charge in [0.1, 0.15) is 0 Å². The Morgan fingerprint density at radius 2 is 1.79 bits per heavy atom. The molecule has 2 aliphatic carbocycles. The molecule has 154 valence electrons. The number of hydrogen-bond donors (Lipinski definition) is 2. The largest absolute Gasteiger partial charge is 0.376 e. The minimum atomic E-state index is -3.61. The Morgan fingerprint density at radius 3 is 2.45 bits per heavy atom. The van der Waals surface area contributed by atoms with Crippen LogP contribution in [-0.2, 0) is 14.6 Å². The van der Waals surface area contributed by atoms with Crippen molar-refractivity contribution in [2.45, 2.75) is 55.4 Å². The van der Waals surface area contributed by atoms with Crippen molar-refractivity contribution in [2.24, 2.45) is 11.8 Å². The van der Waals surface area contributed by atoms with Gasteiger partial charge >= 0.3 is 0 Å². The van der Waals surface area contributed by atoms with Gasteiger partial charge in [-0.2, -0.15) is 0 Å². The number of amides is 1. The maximum Gasteiger partial charge on any atom is 0.239 e. The highest BCUT2D eigenvalue weighted by Gasteiger charge is 2.40. The monoisotopic (exact) mass is 412 g/mol. The van der Waals surface area contributed by atoms with E-state index in [1.807, 2.05) is 13.0 Å². The van der Waals surface area contributed by atoms with E-state index in [4.69, 9.17) is 0 Å². The number of aryl methyl sites for hydroxylation is 1. The van der Waals surface area contributed by atoms with Crippen LogP contribution in [0.15, 0.2) is 52.3 Å². The van der Waals surface area contributed by atoms with Crippen molar-refractivity contribution < 1.29 is 13.2 Å². The lowest BCUT2D eigenvalue weighted by atomic mass is 9.95. The SMILES string of the molecule is Cc1ccc(S(=O)(=O)c2cccc(NCC(=O)NC3CC4CCC3C4)c2C)cc1. The first kappa shape index (κ1) is 20.0. The number of benzene rings is 2. The molecule has 6 heteroatoms. The van der Waals surface area contributed by atoms with E-state index in [0.717, 1.165) is 17.9 Å². The molecule has 29 heavy (non-hydrogen) atoms. The van der Waals surface area contributed by atoms with Crippen LogP contribution in [0.4, 0.5) is 5.69 Å². The maximum absolute atomic E-state index is 13.1. The van der Waals surface area contributed by atoms with Gasteiger partial charge < -0.3 is 10.6 Å². The predicted octanol–water partition coefficient (Wildman–Crippen LogP) is 3.85. The lowest BCUT2D eigenvalue weighted by molar-refractivity contribution is -0.120. The number of nitrogens with one attached hydrogen (secondary N) is 2. The second-order valence-corrected chi connectivity index (χ2v) is 10.4. The fourth-order valence-corrected chi connectivity index (χ4v) is 6.32. The number of carbonyl (C=O) groups excluding carboxylic acids is 1. The molecule has 2 aliphatic rings. The lowest BCUT2D eigenvalue weighted by Gasteiger charge is -2.23. The summed E-state index contributed by atoms with van der Waals surface area (Å²) in [5.41, 5.74) is 2.31. The Balaban J connectivity index is 1.45. The Kier molecular flexibility index (Phi) is 5.38. The molecule has 2 N–H and O–H groups in total. The summed E-state index contributed by atoms with van der Waals surface area (Å²) in [7, 11) is -3.61. The van der Waals surface area contributed by atoms with Gasteiger partial charge in [-0.05, 0) is 74.8 Å². The van der Waals surface area contributed by atoms with Crippen molar-refractivity contribution in [1.82, 2.24) is 5.32 Å². The molecular weight excluding hydrogens is 384 g/mol. The Labute approximate surface area is 172 Å². The van der Waals surface area contributed by atoms with Gasteiger partial charge in [0.2, 0.25) is 15.7 Å². The predicted molar refractivity (Wildman–Crippen MR) is 114 cm³/mol. The zero-order valence-electron chi connectivity index (χ0n) is 16.9. The van der Waals surface area contributed by atoms with E-state index in [1.165, 1.54) is 19.3 Å². The quantitative estimate of drug-likeness (QED) is 0.756. The van der Waals surface area contributed by atoms with Gasteiger partial charge in [-0.15, -0.1) is 0 Å². The number of hydrogen-bond acceptors (Lipinski definition) is 4.